The second-order valence-electron chi connectivity index (χ2n) is 4.21. The average molecular weight is 258 g/mol. The van der Waals surface area contributed by atoms with Gasteiger partial charge < -0.3 is 20.5 Å². The van der Waals surface area contributed by atoms with Crippen LogP contribution in [-0.2, 0) is 0 Å². The Balaban J connectivity index is 2.40. The summed E-state index contributed by atoms with van der Waals surface area (Å²) in [6, 6.07) is 11.5. The number of anilines is 3. The van der Waals surface area contributed by atoms with Crippen LogP contribution in [0, 0.1) is 6.92 Å². The fourth-order valence-corrected chi connectivity index (χ4v) is 1.85. The molecule has 0 saturated heterocycles. The van der Waals surface area contributed by atoms with E-state index in [2.05, 4.69) is 5.32 Å². The van der Waals surface area contributed by atoms with Gasteiger partial charge in [0.1, 0.15) is 11.5 Å². The Labute approximate surface area is 113 Å². The number of nitrogens with one attached hydrogen (secondary N) is 1. The summed E-state index contributed by atoms with van der Waals surface area (Å²) in [5, 5.41) is 3.32. The van der Waals surface area contributed by atoms with Crippen molar-refractivity contribution in [1.82, 2.24) is 0 Å². The Morgan fingerprint density at radius 1 is 1.00 bits per heavy atom. The van der Waals surface area contributed by atoms with Crippen molar-refractivity contribution in [2.75, 3.05) is 25.3 Å². The zero-order valence-electron chi connectivity index (χ0n) is 11.4. The van der Waals surface area contributed by atoms with Crippen molar-refractivity contribution in [3.63, 3.8) is 0 Å². The average Bonchev–Trinajstić information content (AvgIpc) is 2.44. The predicted octanol–water partition coefficient (Wildman–Crippen LogP) is 3.34. The summed E-state index contributed by atoms with van der Waals surface area (Å²) in [6.07, 6.45) is 0. The summed E-state index contributed by atoms with van der Waals surface area (Å²) in [5.74, 6) is 1.50. The minimum Gasteiger partial charge on any atom is -0.497 e. The second-order valence-corrected chi connectivity index (χ2v) is 4.21. The van der Waals surface area contributed by atoms with E-state index in [0.29, 0.717) is 5.69 Å². The number of para-hydroxylation sites is 2. The number of ether oxygens (including phenoxy) is 2. The molecule has 0 spiro atoms. The summed E-state index contributed by atoms with van der Waals surface area (Å²) in [4.78, 5) is 0. The van der Waals surface area contributed by atoms with Gasteiger partial charge in [0, 0.05) is 23.5 Å². The topological polar surface area (TPSA) is 56.5 Å². The molecular weight excluding hydrogens is 240 g/mol. The molecule has 0 aliphatic heterocycles. The van der Waals surface area contributed by atoms with Gasteiger partial charge in [-0.25, -0.2) is 0 Å². The minimum absolute atomic E-state index is 0.691. The van der Waals surface area contributed by atoms with Crippen LogP contribution < -0.4 is 20.5 Å². The van der Waals surface area contributed by atoms with Crippen LogP contribution in [0.3, 0.4) is 0 Å². The Kier molecular flexibility index (Phi) is 3.80. The highest BCUT2D eigenvalue weighted by Crippen LogP contribution is 2.33. The molecule has 0 atom stereocenters. The molecule has 0 saturated carbocycles. The van der Waals surface area contributed by atoms with Crippen molar-refractivity contribution >= 4 is 17.1 Å². The van der Waals surface area contributed by atoms with Gasteiger partial charge in [-0.15, -0.1) is 0 Å². The third-order valence-electron chi connectivity index (χ3n) is 3.03. The van der Waals surface area contributed by atoms with E-state index < -0.39 is 0 Å². The second kappa shape index (κ2) is 5.52. The smallest absolute Gasteiger partial charge is 0.142 e. The summed E-state index contributed by atoms with van der Waals surface area (Å²) < 4.78 is 10.6. The maximum absolute atomic E-state index is 5.97. The molecule has 0 amide bonds. The first-order valence-corrected chi connectivity index (χ1v) is 6.00. The van der Waals surface area contributed by atoms with Crippen LogP contribution in [0.5, 0.6) is 11.5 Å². The van der Waals surface area contributed by atoms with Crippen LogP contribution in [0.25, 0.3) is 0 Å². The van der Waals surface area contributed by atoms with Crippen molar-refractivity contribution in [2.24, 2.45) is 0 Å². The lowest BCUT2D eigenvalue weighted by Gasteiger charge is -2.15. The van der Waals surface area contributed by atoms with Crippen LogP contribution in [-0.4, -0.2) is 14.2 Å². The summed E-state index contributed by atoms with van der Waals surface area (Å²) in [7, 11) is 3.27. The molecule has 4 nitrogen and oxygen atoms in total. The molecule has 2 aromatic rings. The molecule has 0 bridgehead atoms. The van der Waals surface area contributed by atoms with E-state index in [1.807, 2.05) is 43.3 Å². The van der Waals surface area contributed by atoms with Crippen molar-refractivity contribution in [3.05, 3.63) is 42.0 Å². The molecule has 0 aliphatic rings. The van der Waals surface area contributed by atoms with Gasteiger partial charge in [0.2, 0.25) is 0 Å². The molecule has 2 aromatic carbocycles. The monoisotopic (exact) mass is 258 g/mol. The lowest BCUT2D eigenvalue weighted by Crippen LogP contribution is -2.00. The fourth-order valence-electron chi connectivity index (χ4n) is 1.85. The van der Waals surface area contributed by atoms with E-state index >= 15 is 0 Å². The summed E-state index contributed by atoms with van der Waals surface area (Å²) in [5.41, 5.74) is 9.43. The molecule has 0 unspecified atom stereocenters. The van der Waals surface area contributed by atoms with Crippen molar-refractivity contribution in [1.29, 1.82) is 0 Å². The van der Waals surface area contributed by atoms with E-state index in [9.17, 15) is 0 Å². The SMILES string of the molecule is COc1cc(N)c(C)c(Nc2ccccc2OC)c1. The van der Waals surface area contributed by atoms with Gasteiger partial charge in [0.05, 0.1) is 19.9 Å². The highest BCUT2D eigenvalue weighted by Gasteiger charge is 2.08. The third kappa shape index (κ3) is 2.73. The molecule has 0 aliphatic carbocycles. The van der Waals surface area contributed by atoms with Crippen molar-refractivity contribution < 1.29 is 9.47 Å². The van der Waals surface area contributed by atoms with Crippen LogP contribution in [0.1, 0.15) is 5.56 Å². The van der Waals surface area contributed by atoms with E-state index in [-0.39, 0.29) is 0 Å². The summed E-state index contributed by atoms with van der Waals surface area (Å²) >= 11 is 0. The van der Waals surface area contributed by atoms with E-state index in [0.717, 1.165) is 28.4 Å². The molecule has 19 heavy (non-hydrogen) atoms. The van der Waals surface area contributed by atoms with Gasteiger partial charge in [-0.2, -0.15) is 0 Å². The van der Waals surface area contributed by atoms with E-state index in [4.69, 9.17) is 15.2 Å². The van der Waals surface area contributed by atoms with Crippen LogP contribution >= 0.6 is 0 Å². The van der Waals surface area contributed by atoms with Gasteiger partial charge >= 0.3 is 0 Å². The van der Waals surface area contributed by atoms with Gasteiger partial charge in [-0.1, -0.05) is 12.1 Å². The minimum atomic E-state index is 0.691. The van der Waals surface area contributed by atoms with Gasteiger partial charge in [-0.05, 0) is 24.6 Å². The molecule has 2 rings (SSSR count). The number of nitrogen functional groups attached to an aromatic ring is 1. The molecule has 4 heteroatoms. The number of benzene rings is 2. The number of hydrogen-bond donors (Lipinski definition) is 2. The molecular formula is C15H18N2O2. The third-order valence-corrected chi connectivity index (χ3v) is 3.03. The van der Waals surface area contributed by atoms with Crippen LogP contribution in [0.2, 0.25) is 0 Å². The summed E-state index contributed by atoms with van der Waals surface area (Å²) in [6.45, 7) is 1.96. The number of rotatable bonds is 4. The van der Waals surface area contributed by atoms with Crippen LogP contribution in [0.4, 0.5) is 17.1 Å². The maximum Gasteiger partial charge on any atom is 0.142 e. The predicted molar refractivity (Wildman–Crippen MR) is 78.4 cm³/mol. The highest BCUT2D eigenvalue weighted by atomic mass is 16.5. The Morgan fingerprint density at radius 3 is 2.42 bits per heavy atom. The first-order valence-electron chi connectivity index (χ1n) is 6.00. The van der Waals surface area contributed by atoms with Gasteiger partial charge in [-0.3, -0.25) is 0 Å². The van der Waals surface area contributed by atoms with Crippen molar-refractivity contribution in [3.8, 4) is 11.5 Å². The first-order chi connectivity index (χ1) is 9.15. The molecule has 0 fully saturated rings. The van der Waals surface area contributed by atoms with Crippen LogP contribution in [0.15, 0.2) is 36.4 Å². The fraction of sp³-hybridized carbons (Fsp3) is 0.200. The first kappa shape index (κ1) is 13.1. The van der Waals surface area contributed by atoms with E-state index in [1.54, 1.807) is 14.2 Å². The molecule has 3 N–H and O–H groups in total. The quantitative estimate of drug-likeness (QED) is 0.826. The Hall–Kier alpha value is -2.36. The largest absolute Gasteiger partial charge is 0.497 e. The van der Waals surface area contributed by atoms with Gasteiger partial charge in [0.15, 0.2) is 0 Å². The van der Waals surface area contributed by atoms with E-state index in [1.165, 1.54) is 0 Å². The lowest BCUT2D eigenvalue weighted by atomic mass is 10.1. The normalized spacial score (nSPS) is 10.1. The Morgan fingerprint density at radius 2 is 1.74 bits per heavy atom. The lowest BCUT2D eigenvalue weighted by molar-refractivity contribution is 0.415. The molecule has 0 radical (unpaired) electrons. The maximum atomic E-state index is 5.97. The Bertz CT molecular complexity index is 582. The number of hydrogen-bond acceptors (Lipinski definition) is 4. The zero-order chi connectivity index (χ0) is 13.8. The van der Waals surface area contributed by atoms with Crippen molar-refractivity contribution in [2.45, 2.75) is 6.92 Å². The number of nitrogens with two attached hydrogens (primary N) is 1. The van der Waals surface area contributed by atoms with Gasteiger partial charge in [0.25, 0.3) is 0 Å². The molecule has 0 aromatic heterocycles. The highest BCUT2D eigenvalue weighted by molar-refractivity contribution is 5.74. The molecule has 0 heterocycles. The zero-order valence-corrected chi connectivity index (χ0v) is 11.4. The molecule has 100 valence electrons. The standard InChI is InChI=1S/C15H18N2O2/c1-10-12(16)8-11(18-2)9-14(10)17-13-6-4-5-7-15(13)19-3/h4-9,17H,16H2,1-3H3. The number of methoxy groups -OCH3 is 2.